The summed E-state index contributed by atoms with van der Waals surface area (Å²) in [5.74, 6) is 0.202. The lowest BCUT2D eigenvalue weighted by molar-refractivity contribution is -0.0888. The number of rotatable bonds is 0. The van der Waals surface area contributed by atoms with Gasteiger partial charge in [-0.3, -0.25) is 0 Å². The number of alkyl halides is 3. The molecule has 0 bridgehead atoms. The van der Waals surface area contributed by atoms with Gasteiger partial charge in [0.1, 0.15) is 0 Å². The van der Waals surface area contributed by atoms with Gasteiger partial charge in [0.15, 0.2) is 0 Å². The van der Waals surface area contributed by atoms with E-state index in [1.807, 2.05) is 20.8 Å². The molecule has 0 spiro atoms. The van der Waals surface area contributed by atoms with Crippen LogP contribution in [0.1, 0.15) is 27.2 Å². The Morgan fingerprint density at radius 2 is 1.79 bits per heavy atom. The van der Waals surface area contributed by atoms with E-state index in [0.29, 0.717) is 6.42 Å². The minimum Gasteiger partial charge on any atom is -0.166 e. The second kappa shape index (κ2) is 3.44. The summed E-state index contributed by atoms with van der Waals surface area (Å²) in [5, 5.41) is 0. The lowest BCUT2D eigenvalue weighted by atomic mass is 9.76. The Kier molecular flexibility index (Phi) is 2.79. The normalized spacial score (nSPS) is 23.6. The zero-order valence-electron chi connectivity index (χ0n) is 8.65. The predicted octanol–water partition coefficient (Wildman–Crippen LogP) is 4.10. The second-order valence-corrected chi connectivity index (χ2v) is 4.72. The molecule has 0 radical (unpaired) electrons. The van der Waals surface area contributed by atoms with Crippen molar-refractivity contribution in [3.05, 3.63) is 23.8 Å². The first-order valence-electron chi connectivity index (χ1n) is 4.67. The Morgan fingerprint density at radius 3 is 2.07 bits per heavy atom. The van der Waals surface area contributed by atoms with Crippen molar-refractivity contribution in [3.63, 3.8) is 0 Å². The zero-order chi connectivity index (χ0) is 11.0. The fourth-order valence-corrected chi connectivity index (χ4v) is 1.47. The van der Waals surface area contributed by atoms with Gasteiger partial charge in [-0.1, -0.05) is 39.0 Å². The van der Waals surface area contributed by atoms with E-state index in [0.717, 1.165) is 0 Å². The monoisotopic (exact) mass is 204 g/mol. The third kappa shape index (κ3) is 2.63. The summed E-state index contributed by atoms with van der Waals surface area (Å²) >= 11 is 0. The van der Waals surface area contributed by atoms with Gasteiger partial charge >= 0.3 is 6.18 Å². The lowest BCUT2D eigenvalue weighted by Gasteiger charge is -2.29. The molecule has 0 fully saturated rings. The molecule has 0 heterocycles. The molecule has 0 aromatic rings. The SMILES string of the molecule is CC(C)(C)C1C=CC(C(F)(F)F)=CC1. The van der Waals surface area contributed by atoms with Gasteiger partial charge in [0.05, 0.1) is 5.57 Å². The maximum Gasteiger partial charge on any atom is 0.416 e. The minimum absolute atomic E-state index is 0.0319. The van der Waals surface area contributed by atoms with Crippen LogP contribution in [0.3, 0.4) is 0 Å². The highest BCUT2D eigenvalue weighted by Crippen LogP contribution is 2.37. The maximum absolute atomic E-state index is 12.2. The average Bonchev–Trinajstić information content (AvgIpc) is 2.01. The molecule has 1 rings (SSSR count). The van der Waals surface area contributed by atoms with E-state index in [2.05, 4.69) is 0 Å². The number of halogens is 3. The Bertz CT molecular complexity index is 263. The topological polar surface area (TPSA) is 0 Å². The van der Waals surface area contributed by atoms with Crippen molar-refractivity contribution in [3.8, 4) is 0 Å². The first-order chi connectivity index (χ1) is 6.21. The molecule has 1 aliphatic carbocycles. The molecule has 3 heteroatoms. The molecule has 0 amide bonds. The van der Waals surface area contributed by atoms with Crippen LogP contribution < -0.4 is 0 Å². The molecule has 14 heavy (non-hydrogen) atoms. The van der Waals surface area contributed by atoms with Gasteiger partial charge in [-0.15, -0.1) is 0 Å². The van der Waals surface area contributed by atoms with Gasteiger partial charge in [-0.05, 0) is 17.8 Å². The van der Waals surface area contributed by atoms with E-state index >= 15 is 0 Å². The maximum atomic E-state index is 12.2. The Labute approximate surface area is 82.5 Å². The first kappa shape index (κ1) is 11.3. The highest BCUT2D eigenvalue weighted by atomic mass is 19.4. The molecular weight excluding hydrogens is 189 g/mol. The van der Waals surface area contributed by atoms with Gasteiger partial charge in [0.2, 0.25) is 0 Å². The molecule has 0 aromatic heterocycles. The number of hydrogen-bond donors (Lipinski definition) is 0. The molecule has 1 atom stereocenters. The second-order valence-electron chi connectivity index (χ2n) is 4.72. The summed E-state index contributed by atoms with van der Waals surface area (Å²) in [6.45, 7) is 6.11. The molecule has 0 aromatic carbocycles. The van der Waals surface area contributed by atoms with Crippen molar-refractivity contribution in [2.75, 3.05) is 0 Å². The van der Waals surface area contributed by atoms with Crippen LogP contribution in [0.5, 0.6) is 0 Å². The predicted molar refractivity (Wildman–Crippen MR) is 50.8 cm³/mol. The van der Waals surface area contributed by atoms with E-state index in [9.17, 15) is 13.2 Å². The quantitative estimate of drug-likeness (QED) is 0.557. The zero-order valence-corrected chi connectivity index (χ0v) is 8.65. The van der Waals surface area contributed by atoms with Crippen molar-refractivity contribution in [1.29, 1.82) is 0 Å². The van der Waals surface area contributed by atoms with Crippen molar-refractivity contribution < 1.29 is 13.2 Å². The molecule has 1 aliphatic rings. The Hall–Kier alpha value is -0.730. The third-order valence-corrected chi connectivity index (χ3v) is 2.54. The van der Waals surface area contributed by atoms with E-state index in [1.165, 1.54) is 12.2 Å². The summed E-state index contributed by atoms with van der Waals surface area (Å²) in [4.78, 5) is 0. The van der Waals surface area contributed by atoms with Gasteiger partial charge in [-0.25, -0.2) is 0 Å². The van der Waals surface area contributed by atoms with Crippen LogP contribution >= 0.6 is 0 Å². The smallest absolute Gasteiger partial charge is 0.166 e. The number of allylic oxidation sites excluding steroid dienone is 4. The van der Waals surface area contributed by atoms with E-state index in [1.54, 1.807) is 6.08 Å². The van der Waals surface area contributed by atoms with Gasteiger partial charge in [-0.2, -0.15) is 13.2 Å². The van der Waals surface area contributed by atoms with Crippen molar-refractivity contribution in [1.82, 2.24) is 0 Å². The van der Waals surface area contributed by atoms with Crippen molar-refractivity contribution in [2.24, 2.45) is 11.3 Å². The summed E-state index contributed by atoms with van der Waals surface area (Å²) in [7, 11) is 0. The lowest BCUT2D eigenvalue weighted by Crippen LogP contribution is -2.21. The van der Waals surface area contributed by atoms with Crippen LogP contribution in [0.25, 0.3) is 0 Å². The highest BCUT2D eigenvalue weighted by molar-refractivity contribution is 5.28. The standard InChI is InChI=1S/C11H15F3/c1-10(2,3)8-4-6-9(7-5-8)11(12,13)14/h4,6-8H,5H2,1-3H3. The molecule has 0 aliphatic heterocycles. The van der Waals surface area contributed by atoms with Crippen LogP contribution in [0.4, 0.5) is 13.2 Å². The van der Waals surface area contributed by atoms with Crippen molar-refractivity contribution >= 4 is 0 Å². The van der Waals surface area contributed by atoms with Crippen LogP contribution in [-0.2, 0) is 0 Å². The molecule has 0 saturated carbocycles. The first-order valence-corrected chi connectivity index (χ1v) is 4.67. The van der Waals surface area contributed by atoms with Gasteiger partial charge in [0, 0.05) is 0 Å². The third-order valence-electron chi connectivity index (χ3n) is 2.54. The largest absolute Gasteiger partial charge is 0.416 e. The van der Waals surface area contributed by atoms with Crippen LogP contribution in [-0.4, -0.2) is 6.18 Å². The molecule has 1 unspecified atom stereocenters. The molecule has 0 N–H and O–H groups in total. The van der Waals surface area contributed by atoms with E-state index < -0.39 is 11.7 Å². The fraction of sp³-hybridized carbons (Fsp3) is 0.636. The Balaban J connectivity index is 2.72. The Morgan fingerprint density at radius 1 is 1.21 bits per heavy atom. The summed E-state index contributed by atoms with van der Waals surface area (Å²) in [6, 6.07) is 0. The number of hydrogen-bond acceptors (Lipinski definition) is 0. The molecule has 0 nitrogen and oxygen atoms in total. The minimum atomic E-state index is -4.20. The molecule has 80 valence electrons. The van der Waals surface area contributed by atoms with E-state index in [-0.39, 0.29) is 11.3 Å². The summed E-state index contributed by atoms with van der Waals surface area (Å²) < 4.78 is 36.7. The van der Waals surface area contributed by atoms with E-state index in [4.69, 9.17) is 0 Å². The van der Waals surface area contributed by atoms with Crippen LogP contribution in [0.15, 0.2) is 23.8 Å². The molecular formula is C11H15F3. The summed E-state index contributed by atoms with van der Waals surface area (Å²) in [6.07, 6.45) is 0.437. The highest BCUT2D eigenvalue weighted by Gasteiger charge is 2.34. The van der Waals surface area contributed by atoms with Crippen LogP contribution in [0, 0.1) is 11.3 Å². The van der Waals surface area contributed by atoms with Crippen molar-refractivity contribution in [2.45, 2.75) is 33.4 Å². The van der Waals surface area contributed by atoms with Gasteiger partial charge < -0.3 is 0 Å². The van der Waals surface area contributed by atoms with Crippen LogP contribution in [0.2, 0.25) is 0 Å². The average molecular weight is 204 g/mol. The summed E-state index contributed by atoms with van der Waals surface area (Å²) in [5.41, 5.74) is -0.484. The fourth-order valence-electron chi connectivity index (χ4n) is 1.47. The van der Waals surface area contributed by atoms with Gasteiger partial charge in [0.25, 0.3) is 0 Å². The molecule has 0 saturated heterocycles.